The van der Waals surface area contributed by atoms with E-state index in [0.717, 1.165) is 42.5 Å². The first-order valence-corrected chi connectivity index (χ1v) is 7.59. The molecule has 0 spiro atoms. The molecule has 6 heteroatoms. The molecule has 0 aromatic carbocycles. The molecule has 0 unspecified atom stereocenters. The number of aryl methyl sites for hydroxylation is 1. The minimum absolute atomic E-state index is 0.0890. The predicted molar refractivity (Wildman–Crippen MR) is 82.0 cm³/mol. The molecule has 0 aliphatic heterocycles. The SMILES string of the molecule is Cn1cc(-c2ccc(CNC(=O)OC3CCCC3)cn2)cn1. The molecule has 3 rings (SSSR count). The van der Waals surface area contributed by atoms with Crippen LogP contribution in [0.2, 0.25) is 0 Å². The molecule has 0 atom stereocenters. The van der Waals surface area contributed by atoms with Crippen molar-refractivity contribution in [1.29, 1.82) is 0 Å². The number of ether oxygens (including phenoxy) is 1. The number of nitrogens with zero attached hydrogens (tertiary/aromatic N) is 3. The number of alkyl carbamates (subject to hydrolysis) is 1. The van der Waals surface area contributed by atoms with Crippen molar-refractivity contribution in [2.45, 2.75) is 38.3 Å². The minimum Gasteiger partial charge on any atom is -0.446 e. The molecular formula is C16H20N4O2. The molecule has 1 fully saturated rings. The summed E-state index contributed by atoms with van der Waals surface area (Å²) >= 11 is 0. The molecule has 1 aliphatic rings. The van der Waals surface area contributed by atoms with Crippen LogP contribution in [0.25, 0.3) is 11.3 Å². The number of carbonyl (C=O) groups is 1. The Bertz CT molecular complexity index is 630. The molecular weight excluding hydrogens is 280 g/mol. The summed E-state index contributed by atoms with van der Waals surface area (Å²) in [5.41, 5.74) is 2.78. The van der Waals surface area contributed by atoms with Crippen molar-refractivity contribution in [3.8, 4) is 11.3 Å². The maximum absolute atomic E-state index is 11.7. The summed E-state index contributed by atoms with van der Waals surface area (Å²) < 4.78 is 7.09. The van der Waals surface area contributed by atoms with Gasteiger partial charge in [0, 0.05) is 31.5 Å². The Morgan fingerprint density at radius 3 is 2.82 bits per heavy atom. The Morgan fingerprint density at radius 2 is 2.18 bits per heavy atom. The molecule has 0 radical (unpaired) electrons. The number of nitrogens with one attached hydrogen (secondary N) is 1. The first kappa shape index (κ1) is 14.6. The molecule has 1 amide bonds. The van der Waals surface area contributed by atoms with Crippen LogP contribution in [0.1, 0.15) is 31.2 Å². The standard InChI is InChI=1S/C16H20N4O2/c1-20-11-13(10-19-20)15-7-6-12(8-17-15)9-18-16(21)22-14-4-2-3-5-14/h6-8,10-11,14H,2-5,9H2,1H3,(H,18,21). The van der Waals surface area contributed by atoms with Crippen molar-refractivity contribution in [3.05, 3.63) is 36.3 Å². The summed E-state index contributed by atoms with van der Waals surface area (Å²) in [7, 11) is 1.87. The van der Waals surface area contributed by atoms with Crippen molar-refractivity contribution in [3.63, 3.8) is 0 Å². The molecule has 116 valence electrons. The molecule has 2 aromatic heterocycles. The van der Waals surface area contributed by atoms with Gasteiger partial charge in [0.2, 0.25) is 0 Å². The number of aromatic nitrogens is 3. The third-order valence-corrected chi connectivity index (χ3v) is 3.84. The first-order chi connectivity index (χ1) is 10.7. The van der Waals surface area contributed by atoms with E-state index >= 15 is 0 Å². The van der Waals surface area contributed by atoms with Crippen LogP contribution in [-0.4, -0.2) is 27.0 Å². The van der Waals surface area contributed by atoms with E-state index in [1.165, 1.54) is 0 Å². The number of pyridine rings is 1. The van der Waals surface area contributed by atoms with Gasteiger partial charge in [-0.1, -0.05) is 6.07 Å². The highest BCUT2D eigenvalue weighted by atomic mass is 16.6. The number of hydrogen-bond acceptors (Lipinski definition) is 4. The van der Waals surface area contributed by atoms with Crippen LogP contribution < -0.4 is 5.32 Å². The van der Waals surface area contributed by atoms with E-state index in [1.54, 1.807) is 17.1 Å². The predicted octanol–water partition coefficient (Wildman–Crippen LogP) is 2.65. The highest BCUT2D eigenvalue weighted by molar-refractivity contribution is 5.67. The molecule has 0 bridgehead atoms. The fraction of sp³-hybridized carbons (Fsp3) is 0.438. The van der Waals surface area contributed by atoms with E-state index in [1.807, 2.05) is 25.4 Å². The average Bonchev–Trinajstić information content (AvgIpc) is 3.17. The van der Waals surface area contributed by atoms with E-state index < -0.39 is 0 Å². The summed E-state index contributed by atoms with van der Waals surface area (Å²) in [6.45, 7) is 0.422. The topological polar surface area (TPSA) is 69.0 Å². The van der Waals surface area contributed by atoms with Crippen LogP contribution in [0.5, 0.6) is 0 Å². The van der Waals surface area contributed by atoms with Crippen molar-refractivity contribution in [2.75, 3.05) is 0 Å². The Kier molecular flexibility index (Phi) is 4.37. The van der Waals surface area contributed by atoms with Gasteiger partial charge in [0.05, 0.1) is 11.9 Å². The van der Waals surface area contributed by atoms with Crippen LogP contribution in [0.4, 0.5) is 4.79 Å². The normalized spacial score (nSPS) is 15.0. The van der Waals surface area contributed by atoms with Crippen LogP contribution >= 0.6 is 0 Å². The Labute approximate surface area is 129 Å². The van der Waals surface area contributed by atoms with Gasteiger partial charge in [-0.2, -0.15) is 5.10 Å². The van der Waals surface area contributed by atoms with Crippen molar-refractivity contribution in [1.82, 2.24) is 20.1 Å². The summed E-state index contributed by atoms with van der Waals surface area (Å²) in [5.74, 6) is 0. The lowest BCUT2D eigenvalue weighted by Crippen LogP contribution is -2.27. The van der Waals surface area contributed by atoms with Crippen LogP contribution in [0.15, 0.2) is 30.7 Å². The van der Waals surface area contributed by atoms with E-state index in [9.17, 15) is 4.79 Å². The lowest BCUT2D eigenvalue weighted by molar-refractivity contribution is 0.100. The zero-order valence-corrected chi connectivity index (χ0v) is 12.7. The van der Waals surface area contributed by atoms with Crippen LogP contribution in [0, 0.1) is 0 Å². The molecule has 1 aliphatic carbocycles. The summed E-state index contributed by atoms with van der Waals surface area (Å²) in [6.07, 6.45) is 9.46. The van der Waals surface area contributed by atoms with Gasteiger partial charge in [-0.05, 0) is 37.3 Å². The van der Waals surface area contributed by atoms with Crippen molar-refractivity contribution in [2.24, 2.45) is 7.05 Å². The van der Waals surface area contributed by atoms with Gasteiger partial charge in [0.1, 0.15) is 6.10 Å². The summed E-state index contributed by atoms with van der Waals surface area (Å²) in [5, 5.41) is 6.90. The molecule has 2 aromatic rings. The molecule has 1 N–H and O–H groups in total. The van der Waals surface area contributed by atoms with Crippen molar-refractivity contribution < 1.29 is 9.53 Å². The van der Waals surface area contributed by atoms with E-state index in [-0.39, 0.29) is 12.2 Å². The molecule has 0 saturated heterocycles. The molecule has 6 nitrogen and oxygen atoms in total. The maximum atomic E-state index is 11.7. The summed E-state index contributed by atoms with van der Waals surface area (Å²) in [6, 6.07) is 3.88. The number of carbonyl (C=O) groups excluding carboxylic acids is 1. The van der Waals surface area contributed by atoms with Gasteiger partial charge in [0.25, 0.3) is 0 Å². The van der Waals surface area contributed by atoms with Gasteiger partial charge in [-0.3, -0.25) is 9.67 Å². The number of hydrogen-bond donors (Lipinski definition) is 1. The quantitative estimate of drug-likeness (QED) is 0.942. The van der Waals surface area contributed by atoms with Crippen LogP contribution in [0.3, 0.4) is 0 Å². The van der Waals surface area contributed by atoms with E-state index in [2.05, 4.69) is 15.4 Å². The van der Waals surface area contributed by atoms with Gasteiger partial charge in [0.15, 0.2) is 0 Å². The zero-order valence-electron chi connectivity index (χ0n) is 12.7. The van der Waals surface area contributed by atoms with E-state index in [4.69, 9.17) is 4.74 Å². The highest BCUT2D eigenvalue weighted by Crippen LogP contribution is 2.21. The minimum atomic E-state index is -0.344. The third kappa shape index (κ3) is 3.63. The second-order valence-electron chi connectivity index (χ2n) is 5.62. The number of rotatable bonds is 4. The first-order valence-electron chi connectivity index (χ1n) is 7.59. The molecule has 22 heavy (non-hydrogen) atoms. The smallest absolute Gasteiger partial charge is 0.407 e. The second kappa shape index (κ2) is 6.60. The van der Waals surface area contributed by atoms with Gasteiger partial charge < -0.3 is 10.1 Å². The number of amides is 1. The molecule has 1 saturated carbocycles. The average molecular weight is 300 g/mol. The Balaban J connectivity index is 1.51. The maximum Gasteiger partial charge on any atom is 0.407 e. The second-order valence-corrected chi connectivity index (χ2v) is 5.62. The fourth-order valence-corrected chi connectivity index (χ4v) is 2.63. The van der Waals surface area contributed by atoms with E-state index in [0.29, 0.717) is 6.54 Å². The molecule has 2 heterocycles. The Morgan fingerprint density at radius 1 is 1.36 bits per heavy atom. The largest absolute Gasteiger partial charge is 0.446 e. The van der Waals surface area contributed by atoms with Gasteiger partial charge in [-0.15, -0.1) is 0 Å². The summed E-state index contributed by atoms with van der Waals surface area (Å²) in [4.78, 5) is 16.1. The lowest BCUT2D eigenvalue weighted by Gasteiger charge is -2.12. The van der Waals surface area contributed by atoms with Gasteiger partial charge in [-0.25, -0.2) is 4.79 Å². The highest BCUT2D eigenvalue weighted by Gasteiger charge is 2.18. The van der Waals surface area contributed by atoms with Crippen molar-refractivity contribution >= 4 is 6.09 Å². The zero-order chi connectivity index (χ0) is 15.4. The lowest BCUT2D eigenvalue weighted by atomic mass is 10.2. The Hall–Kier alpha value is -2.37. The third-order valence-electron chi connectivity index (χ3n) is 3.84. The van der Waals surface area contributed by atoms with Crippen LogP contribution in [-0.2, 0) is 18.3 Å². The monoisotopic (exact) mass is 300 g/mol. The fourth-order valence-electron chi connectivity index (χ4n) is 2.63. The van der Waals surface area contributed by atoms with Gasteiger partial charge >= 0.3 is 6.09 Å².